The Bertz CT molecular complexity index is 1690. The summed E-state index contributed by atoms with van der Waals surface area (Å²) >= 11 is 12.7. The van der Waals surface area contributed by atoms with Crippen molar-refractivity contribution in [1.82, 2.24) is 24.9 Å². The van der Waals surface area contributed by atoms with E-state index in [-0.39, 0.29) is 29.9 Å². The monoisotopic (exact) mass is 671 g/mol. The van der Waals surface area contributed by atoms with Gasteiger partial charge in [-0.15, -0.1) is 0 Å². The lowest BCUT2D eigenvalue weighted by molar-refractivity contribution is -0.136. The van der Waals surface area contributed by atoms with Crippen LogP contribution in [0.5, 0.6) is 0 Å². The van der Waals surface area contributed by atoms with Crippen LogP contribution in [0.1, 0.15) is 51.5 Å². The van der Waals surface area contributed by atoms with Gasteiger partial charge in [-0.2, -0.15) is 5.26 Å². The lowest BCUT2D eigenvalue weighted by Crippen LogP contribution is -2.54. The van der Waals surface area contributed by atoms with Crippen LogP contribution in [0.15, 0.2) is 71.7 Å². The average Bonchev–Trinajstić information content (AvgIpc) is 3.67. The molecule has 244 valence electrons. The second-order valence-corrected chi connectivity index (χ2v) is 13.5. The largest absolute Gasteiger partial charge is 0.336 e. The summed E-state index contributed by atoms with van der Waals surface area (Å²) in [7, 11) is 0. The van der Waals surface area contributed by atoms with Crippen molar-refractivity contribution in [3.05, 3.63) is 105 Å². The third-order valence-corrected chi connectivity index (χ3v) is 10.2. The Kier molecular flexibility index (Phi) is 10.0. The number of aliphatic imine (C=N–C) groups is 1. The fourth-order valence-corrected chi connectivity index (χ4v) is 7.53. The minimum Gasteiger partial charge on any atom is -0.336 e. The molecule has 0 unspecified atom stereocenters. The number of aryl methyl sites for hydroxylation is 2. The topological polar surface area (TPSA) is 95.3 Å². The first-order chi connectivity index (χ1) is 22.7. The van der Waals surface area contributed by atoms with Gasteiger partial charge in [0.2, 0.25) is 11.9 Å². The Morgan fingerprint density at radius 2 is 1.68 bits per heavy atom. The number of carbonyl (C=O) groups excluding carboxylic acids is 2. The lowest BCUT2D eigenvalue weighted by atomic mass is 10.00. The summed E-state index contributed by atoms with van der Waals surface area (Å²) < 4.78 is 0. The van der Waals surface area contributed by atoms with E-state index in [0.717, 1.165) is 41.8 Å². The van der Waals surface area contributed by atoms with E-state index < -0.39 is 0 Å². The smallest absolute Gasteiger partial charge is 0.254 e. The standard InChI is InChI=1S/C36H39Cl2N7O2/c1-24-14-25(2)16-28(15-24)35(47)43-12-13-44(33(22-43)27-8-9-31(37)32(38)17-27)34(46)10-11-42-20-30-18-29(42)21-45(30)36(41-23-39)40-19-26-6-4-3-5-7-26/h3-9,14-17,29-30,33H,10-13,18-22H2,1-2H3,(H,40,41)/t29-,30+,33-/m0/s1. The van der Waals surface area contributed by atoms with Crippen LogP contribution in [-0.2, 0) is 11.3 Å². The van der Waals surface area contributed by atoms with Gasteiger partial charge in [0, 0.05) is 63.3 Å². The number of amides is 2. The Balaban J connectivity index is 1.11. The van der Waals surface area contributed by atoms with Crippen LogP contribution in [-0.4, -0.2) is 88.7 Å². The highest BCUT2D eigenvalue weighted by atomic mass is 35.5. The molecule has 9 nitrogen and oxygen atoms in total. The van der Waals surface area contributed by atoms with Crippen molar-refractivity contribution in [1.29, 1.82) is 5.26 Å². The number of nitrogens with one attached hydrogen (secondary N) is 1. The molecule has 6 rings (SSSR count). The Labute approximate surface area is 286 Å². The fourth-order valence-electron chi connectivity index (χ4n) is 7.22. The molecule has 3 aromatic rings. The molecule has 0 saturated carbocycles. The van der Waals surface area contributed by atoms with Gasteiger partial charge in [-0.05, 0) is 55.7 Å². The van der Waals surface area contributed by atoms with E-state index >= 15 is 0 Å². The van der Waals surface area contributed by atoms with Gasteiger partial charge >= 0.3 is 0 Å². The molecule has 47 heavy (non-hydrogen) atoms. The number of carbonyl (C=O) groups is 2. The number of hydrogen-bond acceptors (Lipinski definition) is 5. The highest BCUT2D eigenvalue weighted by Crippen LogP contribution is 2.34. The number of nitrogens with zero attached hydrogens (tertiary/aromatic N) is 6. The first-order valence-corrected chi connectivity index (χ1v) is 16.8. The number of piperazine rings is 2. The summed E-state index contributed by atoms with van der Waals surface area (Å²) in [6, 6.07) is 21.5. The molecule has 3 saturated heterocycles. The van der Waals surface area contributed by atoms with E-state index in [0.29, 0.717) is 60.7 Å². The van der Waals surface area contributed by atoms with Crippen molar-refractivity contribution in [3.8, 4) is 6.19 Å². The maximum atomic E-state index is 13.9. The summed E-state index contributed by atoms with van der Waals surface area (Å²) in [5.74, 6) is 0.622. The van der Waals surface area contributed by atoms with E-state index in [9.17, 15) is 14.9 Å². The maximum absolute atomic E-state index is 13.9. The number of hydrogen-bond donors (Lipinski definition) is 1. The molecular weight excluding hydrogens is 633 g/mol. The molecule has 0 aromatic heterocycles. The zero-order chi connectivity index (χ0) is 33.1. The summed E-state index contributed by atoms with van der Waals surface area (Å²) in [5, 5.41) is 13.1. The Morgan fingerprint density at radius 1 is 0.915 bits per heavy atom. The molecule has 0 radical (unpaired) electrons. The molecule has 3 aromatic carbocycles. The molecule has 3 atom stereocenters. The minimum atomic E-state index is -0.341. The van der Waals surface area contributed by atoms with E-state index in [1.165, 1.54) is 0 Å². The molecule has 2 bridgehead atoms. The van der Waals surface area contributed by atoms with E-state index in [1.54, 1.807) is 12.1 Å². The second-order valence-electron chi connectivity index (χ2n) is 12.7. The van der Waals surface area contributed by atoms with E-state index in [1.807, 2.05) is 78.4 Å². The first kappa shape index (κ1) is 32.8. The third-order valence-electron chi connectivity index (χ3n) is 9.45. The van der Waals surface area contributed by atoms with Gasteiger partial charge in [0.05, 0.1) is 22.6 Å². The van der Waals surface area contributed by atoms with Crippen LogP contribution in [0.2, 0.25) is 10.0 Å². The number of rotatable bonds is 7. The van der Waals surface area contributed by atoms with Crippen LogP contribution in [0.3, 0.4) is 0 Å². The normalized spacial score (nSPS) is 21.2. The summed E-state index contributed by atoms with van der Waals surface area (Å²) in [6.07, 6.45) is 3.39. The molecule has 3 heterocycles. The second kappa shape index (κ2) is 14.3. The molecule has 2 amide bonds. The molecule has 0 aliphatic carbocycles. The lowest BCUT2D eigenvalue weighted by Gasteiger charge is -2.42. The van der Waals surface area contributed by atoms with Crippen LogP contribution in [0, 0.1) is 25.3 Å². The predicted octanol–water partition coefficient (Wildman–Crippen LogP) is 5.41. The zero-order valence-corrected chi connectivity index (χ0v) is 28.2. The van der Waals surface area contributed by atoms with Crippen molar-refractivity contribution in [2.24, 2.45) is 4.99 Å². The van der Waals surface area contributed by atoms with Crippen molar-refractivity contribution in [2.75, 3.05) is 39.3 Å². The Morgan fingerprint density at radius 3 is 2.36 bits per heavy atom. The van der Waals surface area contributed by atoms with Gasteiger partial charge in [-0.25, -0.2) is 4.99 Å². The van der Waals surface area contributed by atoms with Gasteiger partial charge in [-0.3, -0.25) is 19.8 Å². The summed E-state index contributed by atoms with van der Waals surface area (Å²) in [5.41, 5.74) is 4.68. The Hall–Kier alpha value is -4.10. The molecular formula is C36H39Cl2N7O2. The molecule has 3 fully saturated rings. The van der Waals surface area contributed by atoms with Crippen LogP contribution in [0.4, 0.5) is 0 Å². The SMILES string of the molecule is Cc1cc(C)cc(C(=O)N2CCN(C(=O)CCN3C[C@H]4C[C@H]3CN4C(=NCc3ccccc3)NC#N)[C@H](c3ccc(Cl)c(Cl)c3)C2)c1. The number of halogens is 2. The maximum Gasteiger partial charge on any atom is 0.254 e. The minimum absolute atomic E-state index is 0.0378. The van der Waals surface area contributed by atoms with Crippen LogP contribution < -0.4 is 5.32 Å². The predicted molar refractivity (Wildman–Crippen MR) is 184 cm³/mol. The van der Waals surface area contributed by atoms with Crippen LogP contribution in [0.25, 0.3) is 0 Å². The fraction of sp³-hybridized carbons (Fsp3) is 0.389. The number of nitriles is 1. The molecule has 0 spiro atoms. The highest BCUT2D eigenvalue weighted by molar-refractivity contribution is 6.42. The van der Waals surface area contributed by atoms with Gasteiger partial charge in [0.1, 0.15) is 0 Å². The van der Waals surface area contributed by atoms with Gasteiger partial charge in [-0.1, -0.05) is 76.8 Å². The average molecular weight is 673 g/mol. The quantitative estimate of drug-likeness (QED) is 0.156. The molecule has 11 heteroatoms. The third kappa shape index (κ3) is 7.41. The van der Waals surface area contributed by atoms with E-state index in [4.69, 9.17) is 28.2 Å². The van der Waals surface area contributed by atoms with Crippen molar-refractivity contribution < 1.29 is 9.59 Å². The van der Waals surface area contributed by atoms with Crippen molar-refractivity contribution in [3.63, 3.8) is 0 Å². The van der Waals surface area contributed by atoms with Crippen molar-refractivity contribution in [2.45, 2.75) is 51.4 Å². The molecule has 3 aliphatic rings. The number of guanidine groups is 1. The van der Waals surface area contributed by atoms with Gasteiger partial charge in [0.15, 0.2) is 6.19 Å². The summed E-state index contributed by atoms with van der Waals surface area (Å²) in [6.45, 7) is 7.95. The van der Waals surface area contributed by atoms with Gasteiger partial charge in [0.25, 0.3) is 5.91 Å². The van der Waals surface area contributed by atoms with Gasteiger partial charge < -0.3 is 14.7 Å². The summed E-state index contributed by atoms with van der Waals surface area (Å²) in [4.78, 5) is 40.5. The number of likely N-dealkylation sites (tertiary alicyclic amines) is 2. The zero-order valence-electron chi connectivity index (χ0n) is 26.7. The number of fused-ring (bicyclic) bond motifs is 2. The number of benzene rings is 3. The highest BCUT2D eigenvalue weighted by Gasteiger charge is 2.45. The molecule has 1 N–H and O–H groups in total. The van der Waals surface area contributed by atoms with Crippen LogP contribution >= 0.6 is 23.2 Å². The van der Waals surface area contributed by atoms with Crippen molar-refractivity contribution >= 4 is 41.0 Å². The first-order valence-electron chi connectivity index (χ1n) is 16.1. The molecule has 3 aliphatic heterocycles. The van der Waals surface area contributed by atoms with E-state index in [2.05, 4.69) is 21.2 Å².